The Labute approximate surface area is 159 Å². The molecular formula is C19H16FN3O3S. The number of hydrogen-bond acceptors (Lipinski definition) is 6. The summed E-state index contributed by atoms with van der Waals surface area (Å²) < 4.78 is 14.9. The van der Waals surface area contributed by atoms with Gasteiger partial charge in [-0.15, -0.1) is 16.8 Å². The van der Waals surface area contributed by atoms with Gasteiger partial charge in [-0.1, -0.05) is 17.8 Å². The van der Waals surface area contributed by atoms with Crippen molar-refractivity contribution in [2.24, 2.45) is 0 Å². The van der Waals surface area contributed by atoms with Gasteiger partial charge in [0.2, 0.25) is 0 Å². The predicted molar refractivity (Wildman–Crippen MR) is 100 cm³/mol. The lowest BCUT2D eigenvalue weighted by Crippen LogP contribution is -2.05. The quantitative estimate of drug-likeness (QED) is 0.279. The number of phenols is 2. The van der Waals surface area contributed by atoms with E-state index in [1.54, 1.807) is 22.8 Å². The van der Waals surface area contributed by atoms with E-state index in [-0.39, 0.29) is 34.4 Å². The van der Waals surface area contributed by atoms with Crippen LogP contribution in [0, 0.1) is 5.82 Å². The monoisotopic (exact) mass is 385 g/mol. The highest BCUT2D eigenvalue weighted by Crippen LogP contribution is 2.27. The van der Waals surface area contributed by atoms with E-state index < -0.39 is 0 Å². The predicted octanol–water partition coefficient (Wildman–Crippen LogP) is 3.66. The number of benzene rings is 2. The lowest BCUT2D eigenvalue weighted by Gasteiger charge is -2.08. The number of hydrogen-bond donors (Lipinski definition) is 2. The second kappa shape index (κ2) is 8.05. The summed E-state index contributed by atoms with van der Waals surface area (Å²) in [5, 5.41) is 27.7. The smallest absolute Gasteiger partial charge is 0.192 e. The van der Waals surface area contributed by atoms with E-state index in [0.29, 0.717) is 23.1 Å². The summed E-state index contributed by atoms with van der Waals surface area (Å²) >= 11 is 1.19. The van der Waals surface area contributed by atoms with Crippen LogP contribution in [0.25, 0.3) is 11.4 Å². The Bertz CT molecular complexity index is 986. The Hall–Kier alpha value is -3.13. The summed E-state index contributed by atoms with van der Waals surface area (Å²) in [4.78, 5) is 12.3. The third-order valence-corrected chi connectivity index (χ3v) is 4.73. The molecule has 0 atom stereocenters. The van der Waals surface area contributed by atoms with Crippen molar-refractivity contribution in [1.82, 2.24) is 14.8 Å². The third-order valence-electron chi connectivity index (χ3n) is 3.76. The van der Waals surface area contributed by atoms with E-state index in [1.807, 2.05) is 0 Å². The number of carbonyl (C=O) groups is 1. The van der Waals surface area contributed by atoms with Crippen LogP contribution in [0.5, 0.6) is 11.5 Å². The lowest BCUT2D eigenvalue weighted by molar-refractivity contribution is 0.102. The van der Waals surface area contributed by atoms with Crippen LogP contribution in [-0.4, -0.2) is 36.5 Å². The minimum Gasteiger partial charge on any atom is -0.504 e. The number of ketones is 1. The largest absolute Gasteiger partial charge is 0.504 e. The number of thioether (sulfide) groups is 1. The molecule has 8 heteroatoms. The standard InChI is InChI=1S/C19H16FN3O3S/c1-2-9-23-18(12-3-6-14(20)7-4-12)21-22-19(23)27-11-17(26)13-5-8-15(24)16(25)10-13/h2-8,10,24-25H,1,9,11H2. The molecular weight excluding hydrogens is 369 g/mol. The fraction of sp³-hybridized carbons (Fsp3) is 0.105. The van der Waals surface area contributed by atoms with Gasteiger partial charge in [-0.3, -0.25) is 9.36 Å². The molecule has 2 aromatic carbocycles. The molecule has 0 saturated heterocycles. The molecule has 0 unspecified atom stereocenters. The molecule has 3 rings (SSSR count). The minimum atomic E-state index is -0.348. The molecule has 0 aliphatic carbocycles. The highest BCUT2D eigenvalue weighted by atomic mass is 32.2. The maximum Gasteiger partial charge on any atom is 0.192 e. The maximum atomic E-state index is 13.1. The Morgan fingerprint density at radius 1 is 1.15 bits per heavy atom. The average molecular weight is 385 g/mol. The first kappa shape index (κ1) is 18.7. The van der Waals surface area contributed by atoms with Crippen LogP contribution in [0.15, 0.2) is 60.3 Å². The van der Waals surface area contributed by atoms with E-state index >= 15 is 0 Å². The summed E-state index contributed by atoms with van der Waals surface area (Å²) in [6, 6.07) is 9.83. The molecule has 0 fully saturated rings. The van der Waals surface area contributed by atoms with Crippen LogP contribution < -0.4 is 0 Å². The molecule has 0 aliphatic heterocycles. The van der Waals surface area contributed by atoms with Crippen LogP contribution in [0.3, 0.4) is 0 Å². The van der Waals surface area contributed by atoms with Gasteiger partial charge in [0.15, 0.2) is 28.3 Å². The third kappa shape index (κ3) is 4.17. The average Bonchev–Trinajstić information content (AvgIpc) is 3.05. The Morgan fingerprint density at radius 2 is 1.89 bits per heavy atom. The summed E-state index contributed by atoms with van der Waals surface area (Å²) in [5.41, 5.74) is 0.985. The molecule has 0 radical (unpaired) electrons. The number of aromatic hydroxyl groups is 2. The van der Waals surface area contributed by atoms with E-state index in [9.17, 15) is 19.4 Å². The second-order valence-corrected chi connectivity index (χ2v) is 6.57. The summed E-state index contributed by atoms with van der Waals surface area (Å²) in [5.74, 6) is -0.582. The number of rotatable bonds is 7. The Kier molecular flexibility index (Phi) is 5.56. The highest BCUT2D eigenvalue weighted by Gasteiger charge is 2.16. The Morgan fingerprint density at radius 3 is 2.56 bits per heavy atom. The first-order valence-corrected chi connectivity index (χ1v) is 8.96. The fourth-order valence-corrected chi connectivity index (χ4v) is 3.25. The molecule has 3 aromatic rings. The van der Waals surface area contributed by atoms with Crippen molar-refractivity contribution in [3.63, 3.8) is 0 Å². The maximum absolute atomic E-state index is 13.1. The summed E-state index contributed by atoms with van der Waals surface area (Å²) in [6.45, 7) is 4.15. The number of aromatic nitrogens is 3. The Balaban J connectivity index is 1.80. The van der Waals surface area contributed by atoms with E-state index in [0.717, 1.165) is 0 Å². The van der Waals surface area contributed by atoms with Crippen LogP contribution in [-0.2, 0) is 6.54 Å². The number of carbonyl (C=O) groups excluding carboxylic acids is 1. The number of nitrogens with zero attached hydrogens (tertiary/aromatic N) is 3. The van der Waals surface area contributed by atoms with Crippen LogP contribution in [0.4, 0.5) is 4.39 Å². The van der Waals surface area contributed by atoms with Crippen molar-refractivity contribution in [2.75, 3.05) is 5.75 Å². The van der Waals surface area contributed by atoms with Gasteiger partial charge < -0.3 is 10.2 Å². The van der Waals surface area contributed by atoms with Gasteiger partial charge in [0, 0.05) is 17.7 Å². The molecule has 1 aromatic heterocycles. The summed E-state index contributed by atoms with van der Waals surface area (Å²) in [6.07, 6.45) is 1.68. The summed E-state index contributed by atoms with van der Waals surface area (Å²) in [7, 11) is 0. The second-order valence-electron chi connectivity index (χ2n) is 5.63. The molecule has 0 spiro atoms. The van der Waals surface area contributed by atoms with Crippen molar-refractivity contribution < 1.29 is 19.4 Å². The van der Waals surface area contributed by atoms with Gasteiger partial charge in [-0.2, -0.15) is 0 Å². The lowest BCUT2D eigenvalue weighted by atomic mass is 10.1. The van der Waals surface area contributed by atoms with Gasteiger partial charge in [0.1, 0.15) is 5.82 Å². The molecule has 0 amide bonds. The van der Waals surface area contributed by atoms with Crippen LogP contribution in [0.2, 0.25) is 0 Å². The molecule has 0 bridgehead atoms. The molecule has 6 nitrogen and oxygen atoms in total. The molecule has 138 valence electrons. The van der Waals surface area contributed by atoms with E-state index in [1.165, 1.54) is 42.1 Å². The SMILES string of the molecule is C=CCn1c(SCC(=O)c2ccc(O)c(O)c2)nnc1-c1ccc(F)cc1. The van der Waals surface area contributed by atoms with Gasteiger partial charge in [0.25, 0.3) is 0 Å². The normalized spacial score (nSPS) is 10.7. The highest BCUT2D eigenvalue weighted by molar-refractivity contribution is 7.99. The minimum absolute atomic E-state index is 0.0723. The zero-order valence-electron chi connectivity index (χ0n) is 14.2. The van der Waals surface area contributed by atoms with Crippen molar-refractivity contribution >= 4 is 17.5 Å². The first-order chi connectivity index (χ1) is 13.0. The number of halogens is 1. The van der Waals surface area contributed by atoms with Crippen LogP contribution >= 0.6 is 11.8 Å². The van der Waals surface area contributed by atoms with Crippen molar-refractivity contribution in [3.8, 4) is 22.9 Å². The van der Waals surface area contributed by atoms with Gasteiger partial charge in [-0.05, 0) is 42.5 Å². The molecule has 1 heterocycles. The molecule has 27 heavy (non-hydrogen) atoms. The topological polar surface area (TPSA) is 88.2 Å². The van der Waals surface area contributed by atoms with E-state index in [4.69, 9.17) is 0 Å². The van der Waals surface area contributed by atoms with Crippen LogP contribution in [0.1, 0.15) is 10.4 Å². The molecule has 0 saturated carbocycles. The zero-order chi connectivity index (χ0) is 19.4. The van der Waals surface area contributed by atoms with Gasteiger partial charge >= 0.3 is 0 Å². The fourth-order valence-electron chi connectivity index (χ4n) is 2.41. The van der Waals surface area contributed by atoms with Crippen molar-refractivity contribution in [3.05, 3.63) is 66.5 Å². The number of allylic oxidation sites excluding steroid dienone is 1. The zero-order valence-corrected chi connectivity index (χ0v) is 15.0. The van der Waals surface area contributed by atoms with E-state index in [2.05, 4.69) is 16.8 Å². The van der Waals surface area contributed by atoms with Gasteiger partial charge in [-0.25, -0.2) is 4.39 Å². The number of phenolic OH excluding ortho intramolecular Hbond substituents is 2. The molecule has 2 N–H and O–H groups in total. The number of Topliss-reactive ketones (excluding diaryl/α,β-unsaturated/α-hetero) is 1. The first-order valence-electron chi connectivity index (χ1n) is 7.97. The van der Waals surface area contributed by atoms with Gasteiger partial charge in [0.05, 0.1) is 5.75 Å². The van der Waals surface area contributed by atoms with Crippen molar-refractivity contribution in [2.45, 2.75) is 11.7 Å². The van der Waals surface area contributed by atoms with Crippen molar-refractivity contribution in [1.29, 1.82) is 0 Å². The molecule has 0 aliphatic rings.